The van der Waals surface area contributed by atoms with Crippen molar-refractivity contribution in [3.63, 3.8) is 0 Å². The highest BCUT2D eigenvalue weighted by atomic mass is 15.2. The number of benzene rings is 6. The van der Waals surface area contributed by atoms with Crippen molar-refractivity contribution in [1.82, 2.24) is 4.57 Å². The molecule has 4 heteroatoms. The second-order valence-electron chi connectivity index (χ2n) is 12.0. The molecule has 45 heavy (non-hydrogen) atoms. The average molecular weight is 577 g/mol. The molecule has 0 fully saturated rings. The number of nitrogens with zero attached hydrogens (tertiary/aromatic N) is 4. The number of para-hydroxylation sites is 3. The van der Waals surface area contributed by atoms with Gasteiger partial charge in [-0.1, -0.05) is 98.8 Å². The van der Waals surface area contributed by atoms with Crippen LogP contribution in [0.3, 0.4) is 0 Å². The van der Waals surface area contributed by atoms with Crippen molar-refractivity contribution < 1.29 is 0 Å². The van der Waals surface area contributed by atoms with Gasteiger partial charge in [0.25, 0.3) is 0 Å². The van der Waals surface area contributed by atoms with Gasteiger partial charge >= 0.3 is 0 Å². The van der Waals surface area contributed by atoms with E-state index in [1.165, 1.54) is 22.3 Å². The normalized spacial score (nSPS) is 12.8. The predicted molar refractivity (Wildman–Crippen MR) is 182 cm³/mol. The lowest BCUT2D eigenvalue weighted by molar-refractivity contribution is 0.660. The summed E-state index contributed by atoms with van der Waals surface area (Å²) in [6.07, 6.45) is 0. The Morgan fingerprint density at radius 1 is 0.556 bits per heavy atom. The van der Waals surface area contributed by atoms with E-state index in [4.69, 9.17) is 0 Å². The largest absolute Gasteiger partial charge is 0.307 e. The average Bonchev–Trinajstić information content (AvgIpc) is 3.54. The van der Waals surface area contributed by atoms with Crippen LogP contribution >= 0.6 is 0 Å². The van der Waals surface area contributed by atoms with Crippen LogP contribution in [0.5, 0.6) is 0 Å². The lowest BCUT2D eigenvalue weighted by Crippen LogP contribution is -2.18. The molecule has 0 spiro atoms. The molecule has 0 atom stereocenters. The second kappa shape index (κ2) is 9.98. The van der Waals surface area contributed by atoms with Crippen LogP contribution in [0.4, 0.5) is 17.1 Å². The maximum Gasteiger partial charge on any atom is 0.101 e. The Morgan fingerprint density at radius 2 is 1.13 bits per heavy atom. The summed E-state index contributed by atoms with van der Waals surface area (Å²) >= 11 is 0. The van der Waals surface area contributed by atoms with Crippen molar-refractivity contribution in [1.29, 1.82) is 10.5 Å². The van der Waals surface area contributed by atoms with Gasteiger partial charge < -0.3 is 9.47 Å². The molecule has 0 bridgehead atoms. The van der Waals surface area contributed by atoms with E-state index in [0.29, 0.717) is 22.5 Å². The predicted octanol–water partition coefficient (Wildman–Crippen LogP) is 10.3. The first-order chi connectivity index (χ1) is 22.0. The Bertz CT molecular complexity index is 2330. The highest BCUT2D eigenvalue weighted by Gasteiger charge is 2.36. The van der Waals surface area contributed by atoms with E-state index in [1.54, 1.807) is 12.1 Å². The Hall–Kier alpha value is -6.10. The SMILES string of the molecule is CC1(C)c2ccccc2-c2ccc(N(c3ccccc3)c3c(C#N)ccc(C#N)c3-n3c4ccccc4c4ccccc43)cc21. The van der Waals surface area contributed by atoms with E-state index in [9.17, 15) is 10.5 Å². The van der Waals surface area contributed by atoms with Gasteiger partial charge in [0, 0.05) is 27.6 Å². The van der Waals surface area contributed by atoms with Crippen molar-refractivity contribution in [3.8, 4) is 29.0 Å². The van der Waals surface area contributed by atoms with Gasteiger partial charge in [0.05, 0.1) is 33.5 Å². The molecule has 0 saturated heterocycles. The quantitative estimate of drug-likeness (QED) is 0.209. The fraction of sp³-hybridized carbons (Fsp3) is 0.0732. The van der Waals surface area contributed by atoms with E-state index in [-0.39, 0.29) is 5.41 Å². The number of rotatable bonds is 4. The van der Waals surface area contributed by atoms with E-state index in [2.05, 4.69) is 114 Å². The zero-order valence-electron chi connectivity index (χ0n) is 25.0. The molecule has 0 amide bonds. The molecule has 1 heterocycles. The Balaban J connectivity index is 1.49. The van der Waals surface area contributed by atoms with E-state index in [0.717, 1.165) is 33.2 Å². The molecular weight excluding hydrogens is 548 g/mol. The number of hydrogen-bond donors (Lipinski definition) is 0. The van der Waals surface area contributed by atoms with Gasteiger partial charge in [0.1, 0.15) is 12.1 Å². The molecule has 1 aromatic heterocycles. The molecule has 0 aliphatic heterocycles. The summed E-state index contributed by atoms with van der Waals surface area (Å²) in [6.45, 7) is 4.55. The van der Waals surface area contributed by atoms with Crippen molar-refractivity contribution in [2.45, 2.75) is 19.3 Å². The molecule has 212 valence electrons. The fourth-order valence-corrected chi connectivity index (χ4v) is 7.19. The highest BCUT2D eigenvalue weighted by molar-refractivity contribution is 6.10. The Kier molecular flexibility index (Phi) is 5.88. The first-order valence-electron chi connectivity index (χ1n) is 15.1. The minimum Gasteiger partial charge on any atom is -0.307 e. The minimum absolute atomic E-state index is 0.202. The molecule has 7 aromatic rings. The number of fused-ring (bicyclic) bond motifs is 6. The van der Waals surface area contributed by atoms with Crippen LogP contribution in [0.25, 0.3) is 38.6 Å². The van der Waals surface area contributed by atoms with Gasteiger partial charge in [-0.25, -0.2) is 0 Å². The number of nitriles is 2. The van der Waals surface area contributed by atoms with E-state index < -0.39 is 0 Å². The van der Waals surface area contributed by atoms with E-state index in [1.807, 2.05) is 42.5 Å². The van der Waals surface area contributed by atoms with Gasteiger partial charge in [-0.3, -0.25) is 0 Å². The molecule has 0 N–H and O–H groups in total. The van der Waals surface area contributed by atoms with Crippen LogP contribution in [0, 0.1) is 22.7 Å². The second-order valence-corrected chi connectivity index (χ2v) is 12.0. The molecule has 8 rings (SSSR count). The minimum atomic E-state index is -0.202. The zero-order chi connectivity index (χ0) is 30.7. The molecule has 0 saturated carbocycles. The third kappa shape index (κ3) is 3.83. The molecule has 1 aliphatic rings. The maximum atomic E-state index is 10.7. The maximum absolute atomic E-state index is 10.7. The fourth-order valence-electron chi connectivity index (χ4n) is 7.19. The van der Waals surface area contributed by atoms with Crippen LogP contribution in [0.1, 0.15) is 36.1 Å². The van der Waals surface area contributed by atoms with Gasteiger partial charge in [0.15, 0.2) is 0 Å². The van der Waals surface area contributed by atoms with Crippen LogP contribution in [-0.4, -0.2) is 4.57 Å². The molecular formula is C41H28N4. The lowest BCUT2D eigenvalue weighted by Gasteiger charge is -2.31. The van der Waals surface area contributed by atoms with Crippen molar-refractivity contribution in [2.24, 2.45) is 0 Å². The topological polar surface area (TPSA) is 55.8 Å². The third-order valence-corrected chi connectivity index (χ3v) is 9.26. The van der Waals surface area contributed by atoms with Crippen LogP contribution < -0.4 is 4.90 Å². The van der Waals surface area contributed by atoms with Gasteiger partial charge in [-0.05, 0) is 70.8 Å². The van der Waals surface area contributed by atoms with Crippen molar-refractivity contribution in [3.05, 3.63) is 156 Å². The zero-order valence-corrected chi connectivity index (χ0v) is 25.0. The number of anilines is 3. The van der Waals surface area contributed by atoms with Crippen LogP contribution in [0.2, 0.25) is 0 Å². The van der Waals surface area contributed by atoms with E-state index >= 15 is 0 Å². The smallest absolute Gasteiger partial charge is 0.101 e. The number of hydrogen-bond acceptors (Lipinski definition) is 3. The summed E-state index contributed by atoms with van der Waals surface area (Å²) < 4.78 is 2.16. The molecule has 6 aromatic carbocycles. The summed E-state index contributed by atoms with van der Waals surface area (Å²) in [4.78, 5) is 2.15. The summed E-state index contributed by atoms with van der Waals surface area (Å²) in [5.74, 6) is 0. The monoisotopic (exact) mass is 576 g/mol. The van der Waals surface area contributed by atoms with Crippen LogP contribution in [0.15, 0.2) is 133 Å². The first-order valence-corrected chi connectivity index (χ1v) is 15.1. The van der Waals surface area contributed by atoms with Crippen molar-refractivity contribution in [2.75, 3.05) is 4.90 Å². The van der Waals surface area contributed by atoms with Gasteiger partial charge in [-0.15, -0.1) is 0 Å². The molecule has 1 aliphatic carbocycles. The first kappa shape index (κ1) is 26.5. The molecule has 4 nitrogen and oxygen atoms in total. The molecule has 0 radical (unpaired) electrons. The summed E-state index contributed by atoms with van der Waals surface area (Å²) in [7, 11) is 0. The van der Waals surface area contributed by atoms with Crippen molar-refractivity contribution >= 4 is 38.9 Å². The summed E-state index contributed by atoms with van der Waals surface area (Å²) in [5.41, 5.74) is 10.9. The lowest BCUT2D eigenvalue weighted by atomic mass is 9.82. The Morgan fingerprint density at radius 3 is 1.82 bits per heavy atom. The van der Waals surface area contributed by atoms with Crippen LogP contribution in [-0.2, 0) is 5.41 Å². The highest BCUT2D eigenvalue weighted by Crippen LogP contribution is 2.51. The van der Waals surface area contributed by atoms with Gasteiger partial charge in [0.2, 0.25) is 0 Å². The van der Waals surface area contributed by atoms with Gasteiger partial charge in [-0.2, -0.15) is 10.5 Å². The summed E-state index contributed by atoms with van der Waals surface area (Å²) in [6, 6.07) is 50.4. The Labute approximate surface area is 262 Å². The number of aromatic nitrogens is 1. The third-order valence-electron chi connectivity index (χ3n) is 9.26. The standard InChI is InChI=1S/C41H28N4/c1-41(2)35-17-9-6-14-31(35)32-23-22-30(24-36(32)41)44(29-12-4-3-5-13-29)39-27(25-42)20-21-28(26-43)40(39)45-37-18-10-7-15-33(37)34-16-8-11-19-38(34)45/h3-24H,1-2H3. The summed E-state index contributed by atoms with van der Waals surface area (Å²) in [5, 5.41) is 23.4. The molecule has 0 unspecified atom stereocenters.